The highest BCUT2D eigenvalue weighted by Gasteiger charge is 2.50. The lowest BCUT2D eigenvalue weighted by Gasteiger charge is -2.36. The van der Waals surface area contributed by atoms with Gasteiger partial charge in [0, 0.05) is 0 Å². The molecule has 3 nitrogen and oxygen atoms in total. The molecule has 0 atom stereocenters. The van der Waals surface area contributed by atoms with Gasteiger partial charge in [-0.1, -0.05) is 38.5 Å². The molecule has 2 aliphatic carbocycles. The molecule has 7 heteroatoms. The molecule has 0 aromatic rings. The molecule has 0 spiro atoms. The van der Waals surface area contributed by atoms with Gasteiger partial charge < -0.3 is 0 Å². The van der Waals surface area contributed by atoms with E-state index in [0.717, 1.165) is 64.2 Å². The molecule has 0 aromatic carbocycles. The third-order valence-electron chi connectivity index (χ3n) is 4.75. The third-order valence-corrected chi connectivity index (χ3v) is 5.79. The number of hydrogen-bond donors (Lipinski definition) is 0. The van der Waals surface area contributed by atoms with Gasteiger partial charge in [-0.15, -0.1) is 0 Å². The van der Waals surface area contributed by atoms with E-state index in [-0.39, 0.29) is 11.8 Å². The molecule has 0 heterocycles. The quantitative estimate of drug-likeness (QED) is 0.568. The largest absolute Gasteiger partial charge is 0.523 e. The summed E-state index contributed by atoms with van der Waals surface area (Å²) in [6, 6.07) is 0. The van der Waals surface area contributed by atoms with E-state index in [2.05, 4.69) is 0 Å². The molecule has 0 unspecified atom stereocenters. The summed E-state index contributed by atoms with van der Waals surface area (Å²) >= 11 is 0. The second-order valence-electron chi connectivity index (χ2n) is 6.26. The molecule has 124 valence electrons. The van der Waals surface area contributed by atoms with E-state index < -0.39 is 21.7 Å². The number of rotatable bonds is 4. The zero-order valence-corrected chi connectivity index (χ0v) is 12.9. The Bertz CT molecular complexity index is 403. The minimum absolute atomic E-state index is 0.0565. The highest BCUT2D eigenvalue weighted by atomic mass is 32.2. The van der Waals surface area contributed by atoms with E-state index in [1.54, 1.807) is 0 Å². The zero-order chi connectivity index (χ0) is 15.5. The van der Waals surface area contributed by atoms with Crippen molar-refractivity contribution in [2.45, 2.75) is 75.8 Å². The number of hydrogen-bond acceptors (Lipinski definition) is 3. The molecule has 0 bridgehead atoms. The van der Waals surface area contributed by atoms with Gasteiger partial charge in [0.2, 0.25) is 0 Å². The molecular weight excluding hydrogens is 305 g/mol. The minimum atomic E-state index is -5.50. The standard InChI is InChI=1S/C14H23F3O3S/c15-14(16,17)21(18,19)20-13(11-7-3-1-4-8-11)12-9-5-2-6-10-12/h11-13H,1-10H2. The Kier molecular flexibility index (Phi) is 5.57. The fraction of sp³-hybridized carbons (Fsp3) is 1.00. The van der Waals surface area contributed by atoms with Crippen LogP contribution in [0.15, 0.2) is 0 Å². The highest BCUT2D eigenvalue weighted by molar-refractivity contribution is 7.87. The van der Waals surface area contributed by atoms with E-state index in [0.29, 0.717) is 0 Å². The van der Waals surface area contributed by atoms with E-state index in [4.69, 9.17) is 4.18 Å². The molecule has 2 fully saturated rings. The van der Waals surface area contributed by atoms with Gasteiger partial charge in [0.25, 0.3) is 0 Å². The summed E-state index contributed by atoms with van der Waals surface area (Å²) in [7, 11) is -5.50. The molecule has 0 saturated heterocycles. The van der Waals surface area contributed by atoms with Gasteiger partial charge in [0.1, 0.15) is 0 Å². The first-order valence-electron chi connectivity index (χ1n) is 7.81. The predicted molar refractivity (Wildman–Crippen MR) is 73.0 cm³/mol. The normalized spacial score (nSPS) is 23.6. The average Bonchev–Trinajstić information content (AvgIpc) is 2.45. The Balaban J connectivity index is 2.14. The maximum Gasteiger partial charge on any atom is 0.523 e. The molecule has 2 aliphatic rings. The summed E-state index contributed by atoms with van der Waals surface area (Å²) in [5, 5.41) is 0. The Morgan fingerprint density at radius 3 is 1.52 bits per heavy atom. The van der Waals surface area contributed by atoms with Crippen LogP contribution < -0.4 is 0 Å². The molecule has 0 amide bonds. The van der Waals surface area contributed by atoms with Crippen LogP contribution in [0.3, 0.4) is 0 Å². The predicted octanol–water partition coefficient (Wildman–Crippen LogP) is 4.38. The number of alkyl halides is 3. The van der Waals surface area contributed by atoms with Crippen molar-refractivity contribution in [1.29, 1.82) is 0 Å². The second-order valence-corrected chi connectivity index (χ2v) is 7.82. The van der Waals surface area contributed by atoms with Crippen LogP contribution >= 0.6 is 0 Å². The summed E-state index contributed by atoms with van der Waals surface area (Å²) in [4.78, 5) is 0. The van der Waals surface area contributed by atoms with Crippen molar-refractivity contribution in [3.05, 3.63) is 0 Å². The Morgan fingerprint density at radius 1 is 0.810 bits per heavy atom. The van der Waals surface area contributed by atoms with Crippen LogP contribution in [0, 0.1) is 11.8 Å². The maximum atomic E-state index is 12.6. The lowest BCUT2D eigenvalue weighted by Crippen LogP contribution is -2.39. The van der Waals surface area contributed by atoms with Gasteiger partial charge in [0.15, 0.2) is 0 Å². The SMILES string of the molecule is O=S(=O)(OC(C1CCCCC1)C1CCCCC1)C(F)(F)F. The topological polar surface area (TPSA) is 43.4 Å². The lowest BCUT2D eigenvalue weighted by molar-refractivity contribution is -0.0652. The van der Waals surface area contributed by atoms with Crippen molar-refractivity contribution >= 4 is 10.1 Å². The van der Waals surface area contributed by atoms with Crippen LogP contribution in [0.2, 0.25) is 0 Å². The van der Waals surface area contributed by atoms with Crippen molar-refractivity contribution in [1.82, 2.24) is 0 Å². The highest BCUT2D eigenvalue weighted by Crippen LogP contribution is 2.39. The Hall–Kier alpha value is -0.300. The second kappa shape index (κ2) is 6.86. The molecule has 0 N–H and O–H groups in total. The maximum absolute atomic E-state index is 12.6. The van der Waals surface area contributed by atoms with Crippen molar-refractivity contribution < 1.29 is 25.8 Å². The van der Waals surface area contributed by atoms with Gasteiger partial charge in [0.05, 0.1) is 6.10 Å². The van der Waals surface area contributed by atoms with E-state index in [1.807, 2.05) is 0 Å². The molecule has 0 aromatic heterocycles. The Labute approximate surface area is 124 Å². The molecule has 0 radical (unpaired) electrons. The molecular formula is C14H23F3O3S. The summed E-state index contributed by atoms with van der Waals surface area (Å²) in [5.74, 6) is -0.113. The summed E-state index contributed by atoms with van der Waals surface area (Å²) in [6.07, 6.45) is 8.22. The van der Waals surface area contributed by atoms with Crippen LogP contribution in [-0.4, -0.2) is 20.0 Å². The summed E-state index contributed by atoms with van der Waals surface area (Å²) in [6.45, 7) is 0. The van der Waals surface area contributed by atoms with Crippen molar-refractivity contribution in [3.63, 3.8) is 0 Å². The first-order valence-corrected chi connectivity index (χ1v) is 9.21. The van der Waals surface area contributed by atoms with E-state index in [9.17, 15) is 21.6 Å². The molecule has 21 heavy (non-hydrogen) atoms. The van der Waals surface area contributed by atoms with E-state index in [1.165, 1.54) is 0 Å². The minimum Gasteiger partial charge on any atom is -0.259 e. The van der Waals surface area contributed by atoms with Crippen molar-refractivity contribution in [2.75, 3.05) is 0 Å². The van der Waals surface area contributed by atoms with Gasteiger partial charge in [-0.25, -0.2) is 0 Å². The van der Waals surface area contributed by atoms with Crippen LogP contribution in [0.5, 0.6) is 0 Å². The van der Waals surface area contributed by atoms with Gasteiger partial charge in [-0.2, -0.15) is 21.6 Å². The van der Waals surface area contributed by atoms with Crippen LogP contribution in [0.4, 0.5) is 13.2 Å². The van der Waals surface area contributed by atoms with Crippen LogP contribution in [0.1, 0.15) is 64.2 Å². The molecule has 0 aliphatic heterocycles. The van der Waals surface area contributed by atoms with Gasteiger partial charge in [-0.3, -0.25) is 4.18 Å². The molecule has 2 saturated carbocycles. The third kappa shape index (κ3) is 4.34. The molecule has 2 rings (SSSR count). The van der Waals surface area contributed by atoms with E-state index >= 15 is 0 Å². The Morgan fingerprint density at radius 2 is 1.19 bits per heavy atom. The van der Waals surface area contributed by atoms with Crippen LogP contribution in [0.25, 0.3) is 0 Å². The fourth-order valence-electron chi connectivity index (χ4n) is 3.67. The fourth-order valence-corrected chi connectivity index (χ4v) is 4.38. The first-order chi connectivity index (χ1) is 9.81. The van der Waals surface area contributed by atoms with Crippen LogP contribution in [-0.2, 0) is 14.3 Å². The zero-order valence-electron chi connectivity index (χ0n) is 12.1. The summed E-state index contributed by atoms with van der Waals surface area (Å²) < 4.78 is 65.4. The van der Waals surface area contributed by atoms with Crippen molar-refractivity contribution in [3.8, 4) is 0 Å². The first kappa shape index (κ1) is 17.1. The monoisotopic (exact) mass is 328 g/mol. The lowest BCUT2D eigenvalue weighted by atomic mass is 9.75. The smallest absolute Gasteiger partial charge is 0.259 e. The summed E-state index contributed by atoms with van der Waals surface area (Å²) in [5.41, 5.74) is -5.32. The van der Waals surface area contributed by atoms with Crippen molar-refractivity contribution in [2.24, 2.45) is 11.8 Å². The van der Waals surface area contributed by atoms with Gasteiger partial charge in [-0.05, 0) is 37.5 Å². The van der Waals surface area contributed by atoms with Gasteiger partial charge >= 0.3 is 15.6 Å². The number of halogens is 3. The average molecular weight is 328 g/mol.